The normalized spacial score (nSPS) is 14.2. The largest absolute Gasteiger partial charge is 0.401 e. The van der Waals surface area contributed by atoms with Gasteiger partial charge < -0.3 is 15.5 Å². The first-order chi connectivity index (χ1) is 29.3. The molecule has 5 aromatic carbocycles. The standard InChI is InChI=1S/C43H42ClF3N8O4S2/c44-32-12-10-30(11-13-32)37-9-5-4-6-31(37)26-53-20-22-54(23-21-53)34-14-16-38-40(24-34)49-29-50-42(38)52-61(58,59)36-15-17-39(41(25-36)55(56)57)51-33(18-19-48-28-43(45,46)47)27-60-35-7-2-1-3-8-35/h1-17,24-25,29,33,48,51H,18-23,26-28H2,(H,49,50,52). The third kappa shape index (κ3) is 11.7. The highest BCUT2D eigenvalue weighted by Crippen LogP contribution is 2.33. The maximum atomic E-state index is 13.7. The molecule has 0 aliphatic carbocycles. The van der Waals surface area contributed by atoms with Gasteiger partial charge in [0.1, 0.15) is 12.0 Å². The van der Waals surface area contributed by atoms with Crippen LogP contribution in [0.15, 0.2) is 131 Å². The number of alkyl halides is 3. The highest BCUT2D eigenvalue weighted by atomic mass is 35.5. The number of nitro groups is 1. The molecule has 6 aromatic rings. The molecule has 1 saturated heterocycles. The van der Waals surface area contributed by atoms with E-state index in [0.717, 1.165) is 54.9 Å². The summed E-state index contributed by atoms with van der Waals surface area (Å²) in [5, 5.41) is 18.9. The number of thioether (sulfide) groups is 1. The predicted octanol–water partition coefficient (Wildman–Crippen LogP) is 9.10. The summed E-state index contributed by atoms with van der Waals surface area (Å²) in [6.07, 6.45) is -2.93. The van der Waals surface area contributed by atoms with Crippen LogP contribution in [0.4, 0.5) is 36.1 Å². The molecule has 1 aliphatic rings. The van der Waals surface area contributed by atoms with Crippen LogP contribution in [0.1, 0.15) is 12.0 Å². The average Bonchev–Trinajstić information content (AvgIpc) is 3.25. The Morgan fingerprint density at radius 1 is 0.885 bits per heavy atom. The number of nitrogens with one attached hydrogen (secondary N) is 3. The average molecular weight is 891 g/mol. The van der Waals surface area contributed by atoms with Crippen LogP contribution in [0.3, 0.4) is 0 Å². The molecule has 7 rings (SSSR count). The van der Waals surface area contributed by atoms with Crippen molar-refractivity contribution >= 4 is 67.2 Å². The molecule has 1 unspecified atom stereocenters. The monoisotopic (exact) mass is 890 g/mol. The molecular formula is C43H42ClF3N8O4S2. The first kappa shape index (κ1) is 43.6. The lowest BCUT2D eigenvalue weighted by Crippen LogP contribution is -2.46. The van der Waals surface area contributed by atoms with Crippen molar-refractivity contribution in [3.05, 3.63) is 142 Å². The van der Waals surface area contributed by atoms with Crippen LogP contribution in [0.2, 0.25) is 5.02 Å². The molecule has 1 atom stereocenters. The van der Waals surface area contributed by atoms with Crippen LogP contribution in [-0.4, -0.2) is 85.4 Å². The second kappa shape index (κ2) is 19.5. The van der Waals surface area contributed by atoms with Gasteiger partial charge in [0.25, 0.3) is 15.7 Å². The van der Waals surface area contributed by atoms with Crippen LogP contribution in [0, 0.1) is 10.1 Å². The summed E-state index contributed by atoms with van der Waals surface area (Å²) >= 11 is 7.56. The second-order valence-corrected chi connectivity index (χ2v) is 17.7. The SMILES string of the molecule is O=[N+]([O-])c1cc(S(=O)(=O)Nc2ncnc3cc(N4CCN(Cc5ccccc5-c5ccc(Cl)cc5)CC4)ccc23)ccc1NC(CCNCC(F)(F)F)CSc1ccccc1. The molecule has 1 aromatic heterocycles. The number of hydrogen-bond donors (Lipinski definition) is 3. The molecule has 0 bridgehead atoms. The van der Waals surface area contributed by atoms with Crippen molar-refractivity contribution < 1.29 is 26.5 Å². The predicted molar refractivity (Wildman–Crippen MR) is 236 cm³/mol. The van der Waals surface area contributed by atoms with E-state index in [1.54, 1.807) is 6.07 Å². The van der Waals surface area contributed by atoms with Crippen LogP contribution < -0.4 is 20.3 Å². The minimum Gasteiger partial charge on any atom is -0.376 e. The Hall–Kier alpha value is -5.46. The van der Waals surface area contributed by atoms with Gasteiger partial charge >= 0.3 is 6.18 Å². The van der Waals surface area contributed by atoms with Gasteiger partial charge in [0.2, 0.25) is 0 Å². The van der Waals surface area contributed by atoms with Crippen molar-refractivity contribution in [3.8, 4) is 11.1 Å². The van der Waals surface area contributed by atoms with E-state index >= 15 is 0 Å². The van der Waals surface area contributed by atoms with Crippen LogP contribution in [0.25, 0.3) is 22.0 Å². The fourth-order valence-corrected chi connectivity index (χ4v) is 9.24. The first-order valence-electron chi connectivity index (χ1n) is 19.4. The number of hydrogen-bond acceptors (Lipinski definition) is 11. The summed E-state index contributed by atoms with van der Waals surface area (Å²) in [7, 11) is -4.38. The summed E-state index contributed by atoms with van der Waals surface area (Å²) in [6, 6.07) is 34.0. The Morgan fingerprint density at radius 2 is 1.62 bits per heavy atom. The van der Waals surface area contributed by atoms with Gasteiger partial charge in [-0.05, 0) is 84.3 Å². The van der Waals surface area contributed by atoms with E-state index in [9.17, 15) is 31.7 Å². The lowest BCUT2D eigenvalue weighted by molar-refractivity contribution is -0.384. The van der Waals surface area contributed by atoms with Crippen molar-refractivity contribution in [3.63, 3.8) is 0 Å². The number of piperazine rings is 1. The Morgan fingerprint density at radius 3 is 2.36 bits per heavy atom. The maximum Gasteiger partial charge on any atom is 0.401 e. The number of rotatable bonds is 17. The van der Waals surface area contributed by atoms with E-state index in [-0.39, 0.29) is 29.4 Å². The number of benzene rings is 5. The molecule has 61 heavy (non-hydrogen) atoms. The van der Waals surface area contributed by atoms with Gasteiger partial charge in [0, 0.05) is 71.6 Å². The molecule has 0 saturated carbocycles. The molecule has 18 heteroatoms. The van der Waals surface area contributed by atoms with Crippen molar-refractivity contribution in [1.82, 2.24) is 20.2 Å². The van der Waals surface area contributed by atoms with Gasteiger partial charge in [-0.1, -0.05) is 66.2 Å². The molecule has 0 spiro atoms. The fourth-order valence-electron chi connectivity index (χ4n) is 7.07. The van der Waals surface area contributed by atoms with E-state index in [1.165, 1.54) is 41.3 Å². The lowest BCUT2D eigenvalue weighted by atomic mass is 9.99. The molecule has 0 amide bonds. The van der Waals surface area contributed by atoms with Gasteiger partial charge in [0.15, 0.2) is 5.82 Å². The molecule has 12 nitrogen and oxygen atoms in total. The number of aromatic nitrogens is 2. The maximum absolute atomic E-state index is 13.7. The molecule has 1 aliphatic heterocycles. The smallest absolute Gasteiger partial charge is 0.376 e. The molecule has 2 heterocycles. The number of halogens is 4. The van der Waals surface area contributed by atoms with Crippen molar-refractivity contribution in [2.24, 2.45) is 0 Å². The minimum atomic E-state index is -4.39. The van der Waals surface area contributed by atoms with Crippen molar-refractivity contribution in [1.29, 1.82) is 0 Å². The van der Waals surface area contributed by atoms with Crippen molar-refractivity contribution in [2.45, 2.75) is 35.0 Å². The molecular weight excluding hydrogens is 849 g/mol. The van der Waals surface area contributed by atoms with E-state index in [2.05, 4.69) is 53.3 Å². The molecule has 1 fully saturated rings. The van der Waals surface area contributed by atoms with Gasteiger partial charge in [-0.3, -0.25) is 19.7 Å². The summed E-state index contributed by atoms with van der Waals surface area (Å²) in [5.41, 5.74) is 4.47. The highest BCUT2D eigenvalue weighted by molar-refractivity contribution is 7.99. The number of sulfonamides is 1. The van der Waals surface area contributed by atoms with E-state index in [0.29, 0.717) is 21.7 Å². The quantitative estimate of drug-likeness (QED) is 0.0349. The van der Waals surface area contributed by atoms with E-state index in [1.807, 2.05) is 72.8 Å². The first-order valence-corrected chi connectivity index (χ1v) is 22.2. The van der Waals surface area contributed by atoms with Gasteiger partial charge in [0.05, 0.1) is 21.9 Å². The Labute approximate surface area is 360 Å². The molecule has 318 valence electrons. The summed E-state index contributed by atoms with van der Waals surface area (Å²) in [5.74, 6) is 0.380. The number of fused-ring (bicyclic) bond motifs is 1. The van der Waals surface area contributed by atoms with Gasteiger partial charge in [-0.2, -0.15) is 13.2 Å². The van der Waals surface area contributed by atoms with E-state index < -0.39 is 39.4 Å². The highest BCUT2D eigenvalue weighted by Gasteiger charge is 2.28. The topological polar surface area (TPSA) is 146 Å². The Balaban J connectivity index is 1.02. The fraction of sp³-hybridized carbons (Fsp3) is 0.256. The zero-order valence-corrected chi connectivity index (χ0v) is 35.1. The van der Waals surface area contributed by atoms with Crippen LogP contribution in [-0.2, 0) is 16.6 Å². The molecule has 3 N–H and O–H groups in total. The third-order valence-electron chi connectivity index (χ3n) is 10.2. The second-order valence-electron chi connectivity index (χ2n) is 14.4. The summed E-state index contributed by atoms with van der Waals surface area (Å²) in [6.45, 7) is 2.81. The molecule has 0 radical (unpaired) electrons. The Bertz CT molecular complexity index is 2570. The van der Waals surface area contributed by atoms with Crippen molar-refractivity contribution in [2.75, 3.05) is 60.0 Å². The van der Waals surface area contributed by atoms with E-state index in [4.69, 9.17) is 11.6 Å². The van der Waals surface area contributed by atoms with Crippen LogP contribution >= 0.6 is 23.4 Å². The lowest BCUT2D eigenvalue weighted by Gasteiger charge is -2.36. The number of nitro benzene ring substituents is 1. The zero-order chi connectivity index (χ0) is 43.0. The zero-order valence-electron chi connectivity index (χ0n) is 32.7. The Kier molecular flexibility index (Phi) is 13.9. The van der Waals surface area contributed by atoms with Crippen LogP contribution in [0.5, 0.6) is 0 Å². The number of anilines is 3. The number of nitrogens with zero attached hydrogens (tertiary/aromatic N) is 5. The third-order valence-corrected chi connectivity index (χ3v) is 12.9. The minimum absolute atomic E-state index is 0.00920. The summed E-state index contributed by atoms with van der Waals surface area (Å²) in [4.78, 5) is 25.4. The van der Waals surface area contributed by atoms with Gasteiger partial charge in [-0.25, -0.2) is 18.4 Å². The van der Waals surface area contributed by atoms with Gasteiger partial charge in [-0.15, -0.1) is 11.8 Å². The summed E-state index contributed by atoms with van der Waals surface area (Å²) < 4.78 is 68.2.